The summed E-state index contributed by atoms with van der Waals surface area (Å²) in [6.45, 7) is 8.71. The highest BCUT2D eigenvalue weighted by molar-refractivity contribution is 7.92. The molecular formula is C36H55Cl2N5O7S. The Balaban J connectivity index is 1.37. The number of urea groups is 1. The average Bonchev–Trinajstić information content (AvgIpc) is 3.92. The van der Waals surface area contributed by atoms with Gasteiger partial charge in [0.25, 0.3) is 5.91 Å². The van der Waals surface area contributed by atoms with Crippen molar-refractivity contribution in [3.05, 3.63) is 12.7 Å². The Morgan fingerprint density at radius 3 is 2.16 bits per heavy atom. The highest BCUT2D eigenvalue weighted by Gasteiger charge is 2.74. The molecule has 15 heteroatoms. The molecule has 4 saturated carbocycles. The van der Waals surface area contributed by atoms with Crippen LogP contribution in [0.25, 0.3) is 0 Å². The predicted molar refractivity (Wildman–Crippen MR) is 196 cm³/mol. The molecule has 1 saturated heterocycles. The molecule has 0 spiro atoms. The second-order valence-electron chi connectivity index (χ2n) is 16.5. The smallest absolute Gasteiger partial charge is 0.315 e. The number of carbonyl (C=O) groups excluding carboxylic acids is 5. The van der Waals surface area contributed by atoms with Crippen molar-refractivity contribution in [3.8, 4) is 0 Å². The highest BCUT2D eigenvalue weighted by Crippen LogP contribution is 2.65. The molecule has 2 unspecified atom stereocenters. The lowest BCUT2D eigenvalue weighted by Crippen LogP contribution is -2.63. The summed E-state index contributed by atoms with van der Waals surface area (Å²) in [5.41, 5.74) is -0.968. The maximum absolute atomic E-state index is 14.6. The molecule has 4 aliphatic carbocycles. The molecule has 5 amide bonds. The van der Waals surface area contributed by atoms with E-state index >= 15 is 0 Å². The van der Waals surface area contributed by atoms with Crippen LogP contribution in [0, 0.1) is 23.7 Å². The number of fused-ring (bicyclic) bond motifs is 1. The molecule has 0 radical (unpaired) electrons. The second-order valence-corrected chi connectivity index (χ2v) is 20.7. The van der Waals surface area contributed by atoms with Crippen LogP contribution in [0.1, 0.15) is 104 Å². The number of hydrogen-bond acceptors (Lipinski definition) is 7. The molecule has 12 nitrogen and oxygen atoms in total. The fraction of sp³-hybridized carbons (Fsp3) is 0.806. The van der Waals surface area contributed by atoms with Gasteiger partial charge in [-0.15, -0.1) is 29.8 Å². The molecule has 51 heavy (non-hydrogen) atoms. The van der Waals surface area contributed by atoms with Gasteiger partial charge in [0.05, 0.1) is 22.1 Å². The highest BCUT2D eigenvalue weighted by atomic mass is 35.5. The monoisotopic (exact) mass is 771 g/mol. The van der Waals surface area contributed by atoms with Gasteiger partial charge in [-0.25, -0.2) is 13.2 Å². The molecule has 0 bridgehead atoms. The molecule has 0 aromatic heterocycles. The summed E-state index contributed by atoms with van der Waals surface area (Å²) < 4.78 is 24.5. The fourth-order valence-electron chi connectivity index (χ4n) is 8.28. The number of amides is 5. The molecule has 5 atom stereocenters. The fourth-order valence-corrected chi connectivity index (χ4v) is 10.6. The lowest BCUT2D eigenvalue weighted by Gasteiger charge is -2.41. The maximum Gasteiger partial charge on any atom is 0.315 e. The first-order chi connectivity index (χ1) is 23.9. The molecule has 5 fully saturated rings. The van der Waals surface area contributed by atoms with E-state index in [1.54, 1.807) is 20.8 Å². The van der Waals surface area contributed by atoms with E-state index in [2.05, 4.69) is 27.8 Å². The van der Waals surface area contributed by atoms with Crippen molar-refractivity contribution in [2.24, 2.45) is 23.7 Å². The van der Waals surface area contributed by atoms with Crippen molar-refractivity contribution in [3.63, 3.8) is 0 Å². The lowest BCUT2D eigenvalue weighted by atomic mass is 9.82. The number of nitrogens with one attached hydrogen (secondary N) is 4. The Morgan fingerprint density at radius 1 is 0.941 bits per heavy atom. The van der Waals surface area contributed by atoms with Crippen LogP contribution < -0.4 is 21.3 Å². The first-order valence-corrected chi connectivity index (χ1v) is 21.0. The molecule has 5 rings (SSSR count). The van der Waals surface area contributed by atoms with Gasteiger partial charge in [-0.05, 0) is 64.7 Å². The SMILES string of the molecule is C=CCNC(=O)C(=O)C(CC1CC1)NC(=O)[C@@H]1C2[C@H](CN1C(=O)[C@@H](NC(=O)NC1(CS(=O)(=O)C(C)(C)C)CCCCC1)C1CCCCC1)C2(Cl)Cl. The average molecular weight is 773 g/mol. The number of sulfone groups is 1. The standard InChI is InChI=1S/C36H55Cl2N5O7S/c1-5-18-39-31(46)29(44)25(19-22-14-15-22)40-30(45)28-26-24(36(26,37)38)20-43(28)32(47)27(23-12-8-6-9-13-23)41-33(48)42-35(16-10-7-11-17-35)21-51(49,50)34(2,3)4/h5,22-28H,1,6-21H2,2-4H3,(H,39,46)(H,40,45)(H2,41,42,48)/t24-,25?,26?,27-,28-/m0/s1. The first kappa shape index (κ1) is 39.8. The maximum atomic E-state index is 14.6. The van der Waals surface area contributed by atoms with Crippen molar-refractivity contribution >= 4 is 62.6 Å². The van der Waals surface area contributed by atoms with Crippen molar-refractivity contribution in [2.45, 2.75) is 137 Å². The van der Waals surface area contributed by atoms with Gasteiger partial charge in [0, 0.05) is 24.9 Å². The number of piperidine rings is 1. The number of rotatable bonds is 14. The normalized spacial score (nSPS) is 26.9. The quantitative estimate of drug-likeness (QED) is 0.118. The molecule has 0 aromatic carbocycles. The van der Waals surface area contributed by atoms with Gasteiger partial charge in [0.15, 0.2) is 9.84 Å². The third-order valence-corrected chi connectivity index (χ3v) is 15.5. The zero-order valence-corrected chi connectivity index (χ0v) is 32.4. The summed E-state index contributed by atoms with van der Waals surface area (Å²) in [5, 5.41) is 11.2. The van der Waals surface area contributed by atoms with Gasteiger partial charge >= 0.3 is 6.03 Å². The van der Waals surface area contributed by atoms with E-state index in [9.17, 15) is 32.4 Å². The zero-order valence-electron chi connectivity index (χ0n) is 30.1. The number of carbonyl (C=O) groups is 5. The zero-order chi connectivity index (χ0) is 37.4. The number of alkyl halides is 2. The van der Waals surface area contributed by atoms with E-state index in [0.717, 1.165) is 51.4 Å². The topological polar surface area (TPSA) is 171 Å². The minimum atomic E-state index is -3.58. The largest absolute Gasteiger partial charge is 0.346 e. The minimum absolute atomic E-state index is 0.0932. The van der Waals surface area contributed by atoms with Crippen molar-refractivity contribution < 1.29 is 32.4 Å². The van der Waals surface area contributed by atoms with Crippen molar-refractivity contribution in [1.82, 2.24) is 26.2 Å². The number of ketones is 1. The summed E-state index contributed by atoms with van der Waals surface area (Å²) in [4.78, 5) is 69.8. The van der Waals surface area contributed by atoms with E-state index in [0.29, 0.717) is 32.1 Å². The van der Waals surface area contributed by atoms with Crippen molar-refractivity contribution in [2.75, 3.05) is 18.8 Å². The Kier molecular flexibility index (Phi) is 12.1. The number of likely N-dealkylation sites (tertiary alicyclic amines) is 1. The molecule has 286 valence electrons. The van der Waals surface area contributed by atoms with Crippen LogP contribution in [0.4, 0.5) is 4.79 Å². The van der Waals surface area contributed by atoms with Crippen LogP contribution in [-0.4, -0.2) is 94.4 Å². The van der Waals surface area contributed by atoms with Crippen LogP contribution in [0.15, 0.2) is 12.7 Å². The van der Waals surface area contributed by atoms with Gasteiger partial charge in [-0.3, -0.25) is 19.2 Å². The Bertz CT molecular complexity index is 1480. The summed E-state index contributed by atoms with van der Waals surface area (Å²) in [6.07, 6.45) is 11.2. The van der Waals surface area contributed by atoms with Crippen LogP contribution >= 0.6 is 23.2 Å². The molecule has 0 aromatic rings. The van der Waals surface area contributed by atoms with E-state index < -0.39 is 78.0 Å². The van der Waals surface area contributed by atoms with Crippen LogP contribution in [0.2, 0.25) is 0 Å². The second kappa shape index (κ2) is 15.5. The van der Waals surface area contributed by atoms with Gasteiger partial charge in [0.2, 0.25) is 17.6 Å². The van der Waals surface area contributed by atoms with Crippen LogP contribution in [0.3, 0.4) is 0 Å². The summed E-state index contributed by atoms with van der Waals surface area (Å²) in [7, 11) is -3.58. The van der Waals surface area contributed by atoms with Gasteiger partial charge in [0.1, 0.15) is 16.4 Å². The summed E-state index contributed by atoms with van der Waals surface area (Å²) in [5.74, 6) is -3.83. The van der Waals surface area contributed by atoms with Gasteiger partial charge in [-0.2, -0.15) is 0 Å². The molecule has 1 aliphatic heterocycles. The Morgan fingerprint density at radius 2 is 1.57 bits per heavy atom. The molecule has 5 aliphatic rings. The van der Waals surface area contributed by atoms with Crippen molar-refractivity contribution in [1.29, 1.82) is 0 Å². The van der Waals surface area contributed by atoms with Crippen LogP contribution in [0.5, 0.6) is 0 Å². The molecule has 4 N–H and O–H groups in total. The third-order valence-electron chi connectivity index (χ3n) is 11.7. The molecular weight excluding hydrogens is 717 g/mol. The Labute approximate surface area is 312 Å². The number of nitrogens with zero attached hydrogens (tertiary/aromatic N) is 1. The lowest BCUT2D eigenvalue weighted by molar-refractivity contribution is -0.144. The van der Waals surface area contributed by atoms with E-state index in [1.807, 2.05) is 0 Å². The van der Waals surface area contributed by atoms with Crippen LogP contribution in [-0.2, 0) is 29.0 Å². The minimum Gasteiger partial charge on any atom is -0.346 e. The summed E-state index contributed by atoms with van der Waals surface area (Å²) >= 11 is 13.2. The van der Waals surface area contributed by atoms with E-state index in [1.165, 1.54) is 11.0 Å². The van der Waals surface area contributed by atoms with Gasteiger partial charge in [-0.1, -0.05) is 57.4 Å². The number of hydrogen-bond donors (Lipinski definition) is 4. The number of Topliss-reactive ketones (excluding diaryl/α,β-unsaturated/α-hetero) is 1. The summed E-state index contributed by atoms with van der Waals surface area (Å²) in [6, 6.07) is -3.79. The van der Waals surface area contributed by atoms with E-state index in [-0.39, 0.29) is 36.6 Å². The third kappa shape index (κ3) is 9.05. The molecule has 1 heterocycles. The van der Waals surface area contributed by atoms with E-state index in [4.69, 9.17) is 23.2 Å². The first-order valence-electron chi connectivity index (χ1n) is 18.6. The van der Waals surface area contributed by atoms with Gasteiger partial charge < -0.3 is 26.2 Å². The predicted octanol–water partition coefficient (Wildman–Crippen LogP) is 3.94. The number of halogens is 2. The Hall–Kier alpha value is -2.38.